The number of aryl methyl sites for hydroxylation is 1. The molecule has 1 aliphatic rings. The number of amides is 2. The molecule has 206 valence electrons. The van der Waals surface area contributed by atoms with Crippen LogP contribution in [0.5, 0.6) is 5.75 Å². The Morgan fingerprint density at radius 1 is 0.949 bits per heavy atom. The SMILES string of the molecule is COc1ccc(C)cc1S(=O)(=O)N[C@@H](Cc1ccccc1)C(=O)Nc1ccc(C(=O)N2CCN(C)CC2)cc1. The maximum atomic E-state index is 13.4. The molecule has 1 fully saturated rings. The highest BCUT2D eigenvalue weighted by Crippen LogP contribution is 2.25. The van der Waals surface area contributed by atoms with E-state index in [2.05, 4.69) is 14.9 Å². The van der Waals surface area contributed by atoms with E-state index in [-0.39, 0.29) is 23.0 Å². The van der Waals surface area contributed by atoms with Crippen molar-refractivity contribution in [2.45, 2.75) is 24.3 Å². The smallest absolute Gasteiger partial charge is 0.253 e. The second kappa shape index (κ2) is 12.4. The molecule has 9 nitrogen and oxygen atoms in total. The van der Waals surface area contributed by atoms with E-state index < -0.39 is 22.0 Å². The van der Waals surface area contributed by atoms with E-state index in [1.165, 1.54) is 13.2 Å². The molecule has 4 rings (SSSR count). The molecule has 2 amide bonds. The Bertz CT molecular complexity index is 1400. The lowest BCUT2D eigenvalue weighted by atomic mass is 10.1. The van der Waals surface area contributed by atoms with Gasteiger partial charge in [-0.25, -0.2) is 8.42 Å². The molecule has 0 aromatic heterocycles. The number of anilines is 1. The normalized spacial score (nSPS) is 15.0. The molecule has 0 aliphatic carbocycles. The third kappa shape index (κ3) is 7.23. The number of benzene rings is 3. The first kappa shape index (κ1) is 28.3. The highest BCUT2D eigenvalue weighted by atomic mass is 32.2. The molecule has 0 unspecified atom stereocenters. The van der Waals surface area contributed by atoms with Crippen molar-refractivity contribution in [2.75, 3.05) is 45.7 Å². The van der Waals surface area contributed by atoms with E-state index >= 15 is 0 Å². The van der Waals surface area contributed by atoms with Crippen LogP contribution in [-0.2, 0) is 21.2 Å². The molecule has 0 spiro atoms. The van der Waals surface area contributed by atoms with Gasteiger partial charge in [-0.2, -0.15) is 4.72 Å². The Hall–Kier alpha value is -3.73. The van der Waals surface area contributed by atoms with Crippen LogP contribution in [0.15, 0.2) is 77.7 Å². The Kier molecular flexibility index (Phi) is 9.01. The van der Waals surface area contributed by atoms with Crippen LogP contribution in [0.1, 0.15) is 21.5 Å². The van der Waals surface area contributed by atoms with Gasteiger partial charge in [-0.3, -0.25) is 9.59 Å². The number of likely N-dealkylation sites (N-methyl/N-ethyl adjacent to an activating group) is 1. The minimum Gasteiger partial charge on any atom is -0.495 e. The second-order valence-corrected chi connectivity index (χ2v) is 11.4. The number of nitrogens with zero attached hydrogens (tertiary/aromatic N) is 2. The topological polar surface area (TPSA) is 108 Å². The fourth-order valence-corrected chi connectivity index (χ4v) is 5.85. The second-order valence-electron chi connectivity index (χ2n) is 9.68. The van der Waals surface area contributed by atoms with Crippen LogP contribution in [0.2, 0.25) is 0 Å². The van der Waals surface area contributed by atoms with E-state index in [4.69, 9.17) is 4.74 Å². The molecule has 2 N–H and O–H groups in total. The summed E-state index contributed by atoms with van der Waals surface area (Å²) >= 11 is 0. The van der Waals surface area contributed by atoms with Crippen molar-refractivity contribution in [3.8, 4) is 5.75 Å². The molecule has 10 heteroatoms. The highest BCUT2D eigenvalue weighted by molar-refractivity contribution is 7.89. The molecule has 1 saturated heterocycles. The maximum absolute atomic E-state index is 13.4. The summed E-state index contributed by atoms with van der Waals surface area (Å²) in [5.74, 6) is -0.387. The number of sulfonamides is 1. The van der Waals surface area contributed by atoms with Crippen molar-refractivity contribution in [3.63, 3.8) is 0 Å². The molecule has 39 heavy (non-hydrogen) atoms. The Morgan fingerprint density at radius 3 is 2.26 bits per heavy atom. The summed E-state index contributed by atoms with van der Waals surface area (Å²) in [6.07, 6.45) is 0.139. The molecular weight excluding hydrogens is 516 g/mol. The summed E-state index contributed by atoms with van der Waals surface area (Å²) in [7, 11) is -0.678. The molecule has 3 aromatic rings. The van der Waals surface area contributed by atoms with Crippen molar-refractivity contribution in [2.24, 2.45) is 0 Å². The quantitative estimate of drug-likeness (QED) is 0.424. The van der Waals surface area contributed by atoms with E-state index in [9.17, 15) is 18.0 Å². The summed E-state index contributed by atoms with van der Waals surface area (Å²) in [5, 5.41) is 2.80. The van der Waals surface area contributed by atoms with Crippen LogP contribution >= 0.6 is 0 Å². The van der Waals surface area contributed by atoms with Crippen LogP contribution in [0.25, 0.3) is 0 Å². The van der Waals surface area contributed by atoms with Gasteiger partial charge in [0.2, 0.25) is 15.9 Å². The highest BCUT2D eigenvalue weighted by Gasteiger charge is 2.29. The number of rotatable bonds is 9. The monoisotopic (exact) mass is 550 g/mol. The van der Waals surface area contributed by atoms with E-state index in [1.807, 2.05) is 42.3 Å². The van der Waals surface area contributed by atoms with Crippen LogP contribution in [0.3, 0.4) is 0 Å². The summed E-state index contributed by atoms with van der Waals surface area (Å²) in [4.78, 5) is 30.2. The molecule has 3 aromatic carbocycles. The van der Waals surface area contributed by atoms with Gasteiger partial charge >= 0.3 is 0 Å². The summed E-state index contributed by atoms with van der Waals surface area (Å²) in [6.45, 7) is 4.77. The third-order valence-electron chi connectivity index (χ3n) is 6.70. The molecule has 0 radical (unpaired) electrons. The largest absolute Gasteiger partial charge is 0.495 e. The number of hydrogen-bond acceptors (Lipinski definition) is 6. The van der Waals surface area contributed by atoms with Gasteiger partial charge in [0.15, 0.2) is 0 Å². The molecule has 1 atom stereocenters. The Morgan fingerprint density at radius 2 is 1.62 bits per heavy atom. The number of methoxy groups -OCH3 is 1. The molecule has 1 aliphatic heterocycles. The number of hydrogen-bond donors (Lipinski definition) is 2. The fourth-order valence-electron chi connectivity index (χ4n) is 4.40. The van der Waals surface area contributed by atoms with Crippen molar-refractivity contribution >= 4 is 27.5 Å². The third-order valence-corrected chi connectivity index (χ3v) is 8.19. The molecular formula is C29H34N4O5S. The number of nitrogens with one attached hydrogen (secondary N) is 2. The van der Waals surface area contributed by atoms with Gasteiger partial charge in [0.25, 0.3) is 5.91 Å². The first-order valence-corrected chi connectivity index (χ1v) is 14.2. The minimum atomic E-state index is -4.11. The van der Waals surface area contributed by atoms with E-state index in [0.717, 1.165) is 24.2 Å². The van der Waals surface area contributed by atoms with E-state index in [0.29, 0.717) is 24.3 Å². The standard InChI is InChI=1S/C29H34N4O5S/c1-21-9-14-26(38-3)27(19-21)39(36,37)31-25(20-22-7-5-4-6-8-22)28(34)30-24-12-10-23(11-13-24)29(35)33-17-15-32(2)16-18-33/h4-14,19,25,31H,15-18,20H2,1-3H3,(H,30,34)/t25-/m0/s1. The lowest BCUT2D eigenvalue weighted by Gasteiger charge is -2.32. The first-order valence-electron chi connectivity index (χ1n) is 12.8. The van der Waals surface area contributed by atoms with Crippen molar-refractivity contribution in [3.05, 3.63) is 89.5 Å². The predicted molar refractivity (Wildman–Crippen MR) is 150 cm³/mol. The van der Waals surface area contributed by atoms with Gasteiger partial charge in [0.05, 0.1) is 7.11 Å². The van der Waals surface area contributed by atoms with Gasteiger partial charge < -0.3 is 19.9 Å². The van der Waals surface area contributed by atoms with Crippen LogP contribution < -0.4 is 14.8 Å². The van der Waals surface area contributed by atoms with Crippen LogP contribution in [0, 0.1) is 6.92 Å². The summed E-state index contributed by atoms with van der Waals surface area (Å²) in [5.41, 5.74) is 2.53. The van der Waals surface area contributed by atoms with Gasteiger partial charge in [-0.05, 0) is 67.9 Å². The van der Waals surface area contributed by atoms with Crippen LogP contribution in [-0.4, -0.2) is 76.4 Å². The zero-order valence-electron chi connectivity index (χ0n) is 22.4. The molecule has 0 bridgehead atoms. The fraction of sp³-hybridized carbons (Fsp3) is 0.310. The maximum Gasteiger partial charge on any atom is 0.253 e. The van der Waals surface area contributed by atoms with Gasteiger partial charge in [0, 0.05) is 37.4 Å². The Balaban J connectivity index is 1.52. The van der Waals surface area contributed by atoms with Crippen molar-refractivity contribution < 1.29 is 22.7 Å². The number of carbonyl (C=O) groups excluding carboxylic acids is 2. The van der Waals surface area contributed by atoms with Crippen molar-refractivity contribution in [1.82, 2.24) is 14.5 Å². The zero-order valence-corrected chi connectivity index (χ0v) is 23.2. The number of carbonyl (C=O) groups is 2. The zero-order chi connectivity index (χ0) is 28.0. The average Bonchev–Trinajstić information content (AvgIpc) is 2.93. The Labute approximate surface area is 229 Å². The summed E-state index contributed by atoms with van der Waals surface area (Å²) < 4.78 is 34.6. The number of piperazine rings is 1. The van der Waals surface area contributed by atoms with Crippen LogP contribution in [0.4, 0.5) is 5.69 Å². The lowest BCUT2D eigenvalue weighted by molar-refractivity contribution is -0.117. The predicted octanol–water partition coefficient (Wildman–Crippen LogP) is 2.92. The van der Waals surface area contributed by atoms with Crippen molar-refractivity contribution in [1.29, 1.82) is 0 Å². The summed E-state index contributed by atoms with van der Waals surface area (Å²) in [6, 6.07) is 19.6. The first-order chi connectivity index (χ1) is 18.7. The minimum absolute atomic E-state index is 0.0392. The number of ether oxygens (including phenoxy) is 1. The van der Waals surface area contributed by atoms with Gasteiger partial charge in [-0.15, -0.1) is 0 Å². The molecule has 0 saturated carbocycles. The average molecular weight is 551 g/mol. The van der Waals surface area contributed by atoms with Gasteiger partial charge in [-0.1, -0.05) is 36.4 Å². The molecule has 1 heterocycles. The van der Waals surface area contributed by atoms with Gasteiger partial charge in [0.1, 0.15) is 16.7 Å². The van der Waals surface area contributed by atoms with E-state index in [1.54, 1.807) is 43.3 Å². The lowest BCUT2D eigenvalue weighted by Crippen LogP contribution is -2.47.